The molecule has 3 aromatic carbocycles. The molecule has 1 unspecified atom stereocenters. The van der Waals surface area contributed by atoms with Gasteiger partial charge in [-0.1, -0.05) is 49.7 Å². The largest absolute Gasteiger partial charge is 0.357 e. The number of carbonyl (C=O) groups is 2. The van der Waals surface area contributed by atoms with Crippen LogP contribution in [0, 0.1) is 11.2 Å². The SMILES string of the molecule is CC1(C)CC(=O)C2=C(C1)Nc1ccccc1N(C(=O)c1ccc(Cl)cc1)C2c1ccc(F)cc1. The Balaban J connectivity index is 1.78. The predicted octanol–water partition coefficient (Wildman–Crippen LogP) is 6.94. The summed E-state index contributed by atoms with van der Waals surface area (Å²) in [6.07, 6.45) is 1.02. The lowest BCUT2D eigenvalue weighted by Crippen LogP contribution is -2.39. The molecular formula is C28H24ClFN2O2. The average Bonchev–Trinajstić information content (AvgIpc) is 2.93. The van der Waals surface area contributed by atoms with E-state index in [0.717, 1.165) is 11.4 Å². The second-order valence-electron chi connectivity index (χ2n) is 9.61. The van der Waals surface area contributed by atoms with Crippen molar-refractivity contribution in [1.29, 1.82) is 0 Å². The number of halogens is 2. The van der Waals surface area contributed by atoms with Gasteiger partial charge in [-0.25, -0.2) is 4.39 Å². The number of rotatable bonds is 2. The second-order valence-corrected chi connectivity index (χ2v) is 10.0. The maximum absolute atomic E-state index is 14.0. The van der Waals surface area contributed by atoms with Gasteiger partial charge in [-0.2, -0.15) is 0 Å². The number of benzene rings is 3. The van der Waals surface area contributed by atoms with Gasteiger partial charge in [-0.3, -0.25) is 14.5 Å². The quantitative estimate of drug-likeness (QED) is 0.437. The summed E-state index contributed by atoms with van der Waals surface area (Å²) >= 11 is 6.06. The first-order chi connectivity index (χ1) is 16.2. The number of allylic oxidation sites excluding steroid dienone is 1. The number of amides is 1. The molecular weight excluding hydrogens is 451 g/mol. The van der Waals surface area contributed by atoms with Crippen molar-refractivity contribution in [3.05, 3.63) is 106 Å². The smallest absolute Gasteiger partial charge is 0.259 e. The van der Waals surface area contributed by atoms with E-state index in [0.29, 0.717) is 40.3 Å². The number of nitrogens with one attached hydrogen (secondary N) is 1. The molecule has 172 valence electrons. The van der Waals surface area contributed by atoms with Crippen LogP contribution in [0.25, 0.3) is 0 Å². The van der Waals surface area contributed by atoms with Gasteiger partial charge in [0.15, 0.2) is 5.78 Å². The van der Waals surface area contributed by atoms with E-state index in [-0.39, 0.29) is 22.9 Å². The monoisotopic (exact) mass is 474 g/mol. The number of hydrogen-bond donors (Lipinski definition) is 1. The third-order valence-corrected chi connectivity index (χ3v) is 6.65. The van der Waals surface area contributed by atoms with Crippen LogP contribution < -0.4 is 10.2 Å². The molecule has 3 aromatic rings. The topological polar surface area (TPSA) is 49.4 Å². The van der Waals surface area contributed by atoms with Gasteiger partial charge in [0.25, 0.3) is 5.91 Å². The Morgan fingerprint density at radius 2 is 1.68 bits per heavy atom. The van der Waals surface area contributed by atoms with E-state index < -0.39 is 6.04 Å². The first-order valence-electron chi connectivity index (χ1n) is 11.2. The zero-order valence-corrected chi connectivity index (χ0v) is 19.7. The second kappa shape index (κ2) is 8.41. The Morgan fingerprint density at radius 1 is 1.00 bits per heavy atom. The fourth-order valence-electron chi connectivity index (χ4n) is 4.90. The van der Waals surface area contributed by atoms with E-state index in [4.69, 9.17) is 11.6 Å². The van der Waals surface area contributed by atoms with Crippen molar-refractivity contribution in [2.75, 3.05) is 10.2 Å². The molecule has 1 amide bonds. The van der Waals surface area contributed by atoms with Crippen LogP contribution >= 0.6 is 11.6 Å². The summed E-state index contributed by atoms with van der Waals surface area (Å²) in [5, 5.41) is 4.00. The molecule has 0 aromatic heterocycles. The molecule has 1 N–H and O–H groups in total. The zero-order chi connectivity index (χ0) is 24.0. The highest BCUT2D eigenvalue weighted by Crippen LogP contribution is 2.48. The Kier molecular flexibility index (Phi) is 5.53. The van der Waals surface area contributed by atoms with E-state index in [1.807, 2.05) is 24.3 Å². The molecule has 1 aliphatic carbocycles. The number of hydrogen-bond acceptors (Lipinski definition) is 3. The number of anilines is 2. The molecule has 1 aliphatic heterocycles. The van der Waals surface area contributed by atoms with Crippen molar-refractivity contribution >= 4 is 34.7 Å². The van der Waals surface area contributed by atoms with E-state index in [1.165, 1.54) is 12.1 Å². The highest BCUT2D eigenvalue weighted by molar-refractivity contribution is 6.30. The van der Waals surface area contributed by atoms with Gasteiger partial charge in [0.05, 0.1) is 17.4 Å². The average molecular weight is 475 g/mol. The molecule has 0 radical (unpaired) electrons. The maximum atomic E-state index is 14.0. The zero-order valence-electron chi connectivity index (χ0n) is 18.9. The minimum Gasteiger partial charge on any atom is -0.357 e. The van der Waals surface area contributed by atoms with Gasteiger partial charge in [-0.15, -0.1) is 0 Å². The first-order valence-corrected chi connectivity index (χ1v) is 11.6. The number of carbonyl (C=O) groups excluding carboxylic acids is 2. The number of Topliss-reactive ketones (excluding diaryl/α,β-unsaturated/α-hetero) is 1. The Labute approximate surface area is 203 Å². The Morgan fingerprint density at radius 3 is 2.38 bits per heavy atom. The van der Waals surface area contributed by atoms with Crippen molar-refractivity contribution in [3.63, 3.8) is 0 Å². The summed E-state index contributed by atoms with van der Waals surface area (Å²) in [5.41, 5.74) is 3.63. The molecule has 0 spiro atoms. The molecule has 1 atom stereocenters. The van der Waals surface area contributed by atoms with Crippen molar-refractivity contribution in [3.8, 4) is 0 Å². The first kappa shape index (κ1) is 22.4. The summed E-state index contributed by atoms with van der Waals surface area (Å²) < 4.78 is 13.9. The molecule has 2 aliphatic rings. The number of fused-ring (bicyclic) bond motifs is 1. The third-order valence-electron chi connectivity index (χ3n) is 6.40. The van der Waals surface area contributed by atoms with Gasteiger partial charge in [0.2, 0.25) is 0 Å². The van der Waals surface area contributed by atoms with Crippen LogP contribution in [0.5, 0.6) is 0 Å². The molecule has 6 heteroatoms. The molecule has 34 heavy (non-hydrogen) atoms. The highest BCUT2D eigenvalue weighted by atomic mass is 35.5. The minimum absolute atomic E-state index is 0.0187. The number of para-hydroxylation sites is 2. The summed E-state index contributed by atoms with van der Waals surface area (Å²) in [6, 6.07) is 19.5. The lowest BCUT2D eigenvalue weighted by atomic mass is 9.73. The molecule has 0 bridgehead atoms. The van der Waals surface area contributed by atoms with Gasteiger partial charge < -0.3 is 5.32 Å². The number of ketones is 1. The van der Waals surface area contributed by atoms with Gasteiger partial charge in [-0.05, 0) is 65.9 Å². The van der Waals surface area contributed by atoms with Crippen LogP contribution in [0.2, 0.25) is 5.02 Å². The van der Waals surface area contributed by atoms with Crippen molar-refractivity contribution in [2.24, 2.45) is 5.41 Å². The van der Waals surface area contributed by atoms with Crippen LogP contribution in [0.4, 0.5) is 15.8 Å². The van der Waals surface area contributed by atoms with Crippen LogP contribution in [0.3, 0.4) is 0 Å². The molecule has 0 saturated carbocycles. The molecule has 0 saturated heterocycles. The third kappa shape index (κ3) is 4.01. The van der Waals surface area contributed by atoms with Crippen molar-refractivity contribution < 1.29 is 14.0 Å². The van der Waals surface area contributed by atoms with Crippen molar-refractivity contribution in [2.45, 2.75) is 32.7 Å². The molecule has 0 fully saturated rings. The standard InChI is InChI=1S/C28H24ClFN2O2/c1-28(2)15-22-25(24(33)16-28)26(17-9-13-20(30)14-10-17)32(23-6-4-3-5-21(23)31-22)27(34)18-7-11-19(29)12-8-18/h3-14,26,31H,15-16H2,1-2H3. The molecule has 1 heterocycles. The van der Waals surface area contributed by atoms with Crippen molar-refractivity contribution in [1.82, 2.24) is 0 Å². The van der Waals surface area contributed by atoms with Crippen LogP contribution in [0.1, 0.15) is 48.7 Å². The fraction of sp³-hybridized carbons (Fsp3) is 0.214. The van der Waals surface area contributed by atoms with E-state index in [1.54, 1.807) is 41.3 Å². The molecule has 5 rings (SSSR count). The number of nitrogens with zero attached hydrogens (tertiary/aromatic N) is 1. The van der Waals surface area contributed by atoms with Gasteiger partial charge in [0.1, 0.15) is 5.82 Å². The predicted molar refractivity (Wildman–Crippen MR) is 133 cm³/mol. The van der Waals surface area contributed by atoms with Crippen LogP contribution in [-0.4, -0.2) is 11.7 Å². The van der Waals surface area contributed by atoms with E-state index in [2.05, 4.69) is 19.2 Å². The molecule has 4 nitrogen and oxygen atoms in total. The summed E-state index contributed by atoms with van der Waals surface area (Å²) in [4.78, 5) is 29.3. The van der Waals surface area contributed by atoms with Crippen LogP contribution in [0.15, 0.2) is 84.1 Å². The highest BCUT2D eigenvalue weighted by Gasteiger charge is 2.43. The Hall–Kier alpha value is -3.44. The van der Waals surface area contributed by atoms with E-state index >= 15 is 0 Å². The Bertz CT molecular complexity index is 1310. The lowest BCUT2D eigenvalue weighted by molar-refractivity contribution is -0.118. The van der Waals surface area contributed by atoms with Gasteiger partial charge >= 0.3 is 0 Å². The summed E-state index contributed by atoms with van der Waals surface area (Å²) in [6.45, 7) is 4.13. The summed E-state index contributed by atoms with van der Waals surface area (Å²) in [5.74, 6) is -0.668. The summed E-state index contributed by atoms with van der Waals surface area (Å²) in [7, 11) is 0. The minimum atomic E-state index is -0.710. The normalized spacial score (nSPS) is 19.1. The maximum Gasteiger partial charge on any atom is 0.259 e. The van der Waals surface area contributed by atoms with E-state index in [9.17, 15) is 14.0 Å². The lowest BCUT2D eigenvalue weighted by Gasteiger charge is -2.37. The van der Waals surface area contributed by atoms with Gasteiger partial charge in [0, 0.05) is 28.3 Å². The fourth-order valence-corrected chi connectivity index (χ4v) is 5.03. The van der Waals surface area contributed by atoms with Crippen LogP contribution in [-0.2, 0) is 4.79 Å².